The zero-order chi connectivity index (χ0) is 20.8. The van der Waals surface area contributed by atoms with E-state index >= 15 is 0 Å². The summed E-state index contributed by atoms with van der Waals surface area (Å²) in [6.07, 6.45) is 1.48. The summed E-state index contributed by atoms with van der Waals surface area (Å²) in [6.45, 7) is 1.40. The average Bonchev–Trinajstić information content (AvgIpc) is 3.12. The predicted molar refractivity (Wildman–Crippen MR) is 103 cm³/mol. The second-order valence-corrected chi connectivity index (χ2v) is 7.49. The molecule has 0 spiro atoms. The molecule has 0 bridgehead atoms. The molecule has 2 saturated heterocycles. The molecule has 2 fully saturated rings. The van der Waals surface area contributed by atoms with Crippen molar-refractivity contribution in [2.24, 2.45) is 0 Å². The van der Waals surface area contributed by atoms with E-state index in [4.69, 9.17) is 4.74 Å². The summed E-state index contributed by atoms with van der Waals surface area (Å²) in [6, 6.07) is 5.64. The fourth-order valence-corrected chi connectivity index (χ4v) is 3.94. The predicted octanol–water partition coefficient (Wildman–Crippen LogP) is -0.0740. The van der Waals surface area contributed by atoms with Gasteiger partial charge in [-0.05, 0) is 30.5 Å². The van der Waals surface area contributed by atoms with Gasteiger partial charge in [0, 0.05) is 45.2 Å². The third-order valence-electron chi connectivity index (χ3n) is 5.37. The number of nitrogens with zero attached hydrogens (tertiary/aromatic N) is 1. The highest BCUT2D eigenvalue weighted by Crippen LogP contribution is 2.25. The summed E-state index contributed by atoms with van der Waals surface area (Å²) in [5, 5.41) is 8.63. The van der Waals surface area contributed by atoms with Crippen LogP contribution >= 0.6 is 0 Å². The highest BCUT2D eigenvalue weighted by atomic mass is 19.1. The lowest BCUT2D eigenvalue weighted by Crippen LogP contribution is -2.58. The van der Waals surface area contributed by atoms with Crippen LogP contribution < -0.4 is 16.0 Å². The monoisotopic (exact) mass is 406 g/mol. The Kier molecular flexibility index (Phi) is 7.16. The molecule has 1 aromatic carbocycles. The smallest absolute Gasteiger partial charge is 0.246 e. The molecule has 3 rings (SSSR count). The molecule has 3 amide bonds. The van der Waals surface area contributed by atoms with Gasteiger partial charge in [-0.2, -0.15) is 0 Å². The summed E-state index contributed by atoms with van der Waals surface area (Å²) in [5.41, 5.74) is 0.832. The highest BCUT2D eigenvalue weighted by molar-refractivity contribution is 5.84. The number of carbonyl (C=O) groups is 3. The van der Waals surface area contributed by atoms with Crippen molar-refractivity contribution < 1.29 is 23.5 Å². The van der Waals surface area contributed by atoms with Crippen LogP contribution in [0.5, 0.6) is 0 Å². The van der Waals surface area contributed by atoms with Gasteiger partial charge in [-0.3, -0.25) is 19.3 Å². The molecule has 2 aliphatic heterocycles. The normalized spacial score (nSPS) is 23.9. The van der Waals surface area contributed by atoms with Crippen molar-refractivity contribution in [1.29, 1.82) is 0 Å². The van der Waals surface area contributed by atoms with E-state index in [2.05, 4.69) is 20.9 Å². The molecule has 0 unspecified atom stereocenters. The van der Waals surface area contributed by atoms with Gasteiger partial charge in [0.1, 0.15) is 12.4 Å². The number of halogens is 1. The molecule has 2 aliphatic rings. The lowest BCUT2D eigenvalue weighted by molar-refractivity contribution is -0.129. The van der Waals surface area contributed by atoms with Gasteiger partial charge in [0.2, 0.25) is 17.7 Å². The third kappa shape index (κ3) is 5.74. The van der Waals surface area contributed by atoms with E-state index in [-0.39, 0.29) is 48.3 Å². The number of fused-ring (bicyclic) bond motifs is 1. The molecule has 2 heterocycles. The fraction of sp³-hybridized carbons (Fsp3) is 0.550. The molecule has 0 aliphatic carbocycles. The minimum absolute atomic E-state index is 0.00891. The molecule has 29 heavy (non-hydrogen) atoms. The molecular formula is C20H27FN4O4. The molecule has 3 N–H and O–H groups in total. The number of carbonyl (C=O) groups excluding carboxylic acids is 3. The van der Waals surface area contributed by atoms with Gasteiger partial charge in [0.25, 0.3) is 0 Å². The van der Waals surface area contributed by atoms with Crippen LogP contribution in [0, 0.1) is 5.82 Å². The van der Waals surface area contributed by atoms with Crippen molar-refractivity contribution >= 4 is 17.7 Å². The summed E-state index contributed by atoms with van der Waals surface area (Å²) in [5.74, 6) is -0.636. The topological polar surface area (TPSA) is 99.8 Å². The van der Waals surface area contributed by atoms with Crippen molar-refractivity contribution in [3.05, 3.63) is 35.6 Å². The van der Waals surface area contributed by atoms with Crippen molar-refractivity contribution in [3.8, 4) is 0 Å². The minimum Gasteiger partial charge on any atom is -0.375 e. The molecule has 0 aromatic heterocycles. The quantitative estimate of drug-likeness (QED) is 0.561. The Balaban J connectivity index is 1.47. The second kappa shape index (κ2) is 9.80. The van der Waals surface area contributed by atoms with E-state index in [0.717, 1.165) is 5.56 Å². The number of piperazine rings is 1. The van der Waals surface area contributed by atoms with Gasteiger partial charge < -0.3 is 20.7 Å². The van der Waals surface area contributed by atoms with Crippen LogP contribution in [0.15, 0.2) is 24.3 Å². The molecule has 0 radical (unpaired) electrons. The zero-order valence-electron chi connectivity index (χ0n) is 16.4. The SMILES string of the molecule is COCC(=O)N[C@@H]1C[C@H]2C(=O)NC[C@@H](CCC(=O)NCc3ccc(F)cc3)N2C1. The zero-order valence-corrected chi connectivity index (χ0v) is 16.4. The maximum Gasteiger partial charge on any atom is 0.246 e. The van der Waals surface area contributed by atoms with Crippen molar-refractivity contribution in [2.75, 3.05) is 26.8 Å². The Hall–Kier alpha value is -2.52. The number of amides is 3. The average molecular weight is 406 g/mol. The van der Waals surface area contributed by atoms with Crippen LogP contribution in [-0.2, 0) is 25.7 Å². The lowest BCUT2D eigenvalue weighted by atomic mass is 10.0. The van der Waals surface area contributed by atoms with E-state index in [1.165, 1.54) is 19.2 Å². The number of nitrogens with one attached hydrogen (secondary N) is 3. The van der Waals surface area contributed by atoms with Crippen LogP contribution in [0.4, 0.5) is 4.39 Å². The fourth-order valence-electron chi connectivity index (χ4n) is 3.94. The van der Waals surface area contributed by atoms with Crippen LogP contribution in [0.2, 0.25) is 0 Å². The number of benzene rings is 1. The van der Waals surface area contributed by atoms with E-state index in [9.17, 15) is 18.8 Å². The Morgan fingerprint density at radius 2 is 2.03 bits per heavy atom. The third-order valence-corrected chi connectivity index (χ3v) is 5.37. The van der Waals surface area contributed by atoms with Crippen LogP contribution in [0.25, 0.3) is 0 Å². The first-order valence-corrected chi connectivity index (χ1v) is 9.79. The number of hydrogen-bond donors (Lipinski definition) is 3. The Morgan fingerprint density at radius 3 is 2.76 bits per heavy atom. The standard InChI is InChI=1S/C20H27FN4O4/c1-29-12-19(27)24-15-8-17-20(28)23-10-16(25(17)11-15)6-7-18(26)22-9-13-2-4-14(21)5-3-13/h2-5,15-17H,6-12H2,1H3,(H,22,26)(H,23,28)(H,24,27)/t15-,16-,17+/m1/s1. The first kappa shape index (κ1) is 21.2. The van der Waals surface area contributed by atoms with Crippen molar-refractivity contribution in [2.45, 2.75) is 43.9 Å². The van der Waals surface area contributed by atoms with E-state index in [0.29, 0.717) is 38.9 Å². The Labute approximate surface area is 169 Å². The van der Waals surface area contributed by atoms with Gasteiger partial charge in [-0.25, -0.2) is 4.39 Å². The largest absolute Gasteiger partial charge is 0.375 e. The molecule has 9 heteroatoms. The van der Waals surface area contributed by atoms with Gasteiger partial charge in [-0.1, -0.05) is 12.1 Å². The first-order chi connectivity index (χ1) is 14.0. The van der Waals surface area contributed by atoms with E-state index in [1.54, 1.807) is 12.1 Å². The Morgan fingerprint density at radius 1 is 1.28 bits per heavy atom. The Bertz CT molecular complexity index is 743. The summed E-state index contributed by atoms with van der Waals surface area (Å²) in [7, 11) is 1.46. The lowest BCUT2D eigenvalue weighted by Gasteiger charge is -2.37. The van der Waals surface area contributed by atoms with Gasteiger partial charge >= 0.3 is 0 Å². The summed E-state index contributed by atoms with van der Waals surface area (Å²) < 4.78 is 17.8. The second-order valence-electron chi connectivity index (χ2n) is 7.49. The maximum atomic E-state index is 12.9. The number of ether oxygens (including phenoxy) is 1. The van der Waals surface area contributed by atoms with Crippen LogP contribution in [0.1, 0.15) is 24.8 Å². The molecule has 8 nitrogen and oxygen atoms in total. The summed E-state index contributed by atoms with van der Waals surface area (Å²) in [4.78, 5) is 38.3. The summed E-state index contributed by atoms with van der Waals surface area (Å²) >= 11 is 0. The number of rotatable bonds is 8. The minimum atomic E-state index is -0.309. The molecule has 0 saturated carbocycles. The van der Waals surface area contributed by atoms with Crippen molar-refractivity contribution in [1.82, 2.24) is 20.9 Å². The number of methoxy groups -OCH3 is 1. The highest BCUT2D eigenvalue weighted by Gasteiger charge is 2.43. The van der Waals surface area contributed by atoms with E-state index in [1.807, 2.05) is 0 Å². The van der Waals surface area contributed by atoms with Gasteiger partial charge in [-0.15, -0.1) is 0 Å². The first-order valence-electron chi connectivity index (χ1n) is 9.79. The van der Waals surface area contributed by atoms with Gasteiger partial charge in [0.05, 0.1) is 6.04 Å². The molecular weight excluding hydrogens is 379 g/mol. The maximum absolute atomic E-state index is 12.9. The van der Waals surface area contributed by atoms with Gasteiger partial charge in [0.15, 0.2) is 0 Å². The number of hydrogen-bond acceptors (Lipinski definition) is 5. The van der Waals surface area contributed by atoms with Crippen LogP contribution in [-0.4, -0.2) is 67.6 Å². The molecule has 1 aromatic rings. The van der Waals surface area contributed by atoms with Crippen LogP contribution in [0.3, 0.4) is 0 Å². The molecule has 3 atom stereocenters. The van der Waals surface area contributed by atoms with E-state index < -0.39 is 0 Å². The van der Waals surface area contributed by atoms with Crippen molar-refractivity contribution in [3.63, 3.8) is 0 Å². The molecule has 158 valence electrons.